The van der Waals surface area contributed by atoms with Gasteiger partial charge in [-0.15, -0.1) is 5.10 Å². The van der Waals surface area contributed by atoms with Crippen molar-refractivity contribution in [3.05, 3.63) is 29.4 Å². The molecule has 8 heteroatoms. The normalized spacial score (nSPS) is 14.6. The minimum absolute atomic E-state index is 0.0128. The Bertz CT molecular complexity index is 881. The summed E-state index contributed by atoms with van der Waals surface area (Å²) in [6, 6.07) is 3.22. The largest absolute Gasteiger partial charge is 0.459 e. The molecule has 2 N–H and O–H groups in total. The molecular weight excluding hydrogens is 306 g/mol. The summed E-state index contributed by atoms with van der Waals surface area (Å²) in [6.45, 7) is 0. The third-order valence-corrected chi connectivity index (χ3v) is 3.81. The fourth-order valence-electron chi connectivity index (χ4n) is 2.41. The van der Waals surface area contributed by atoms with E-state index in [4.69, 9.17) is 21.8 Å². The van der Waals surface area contributed by atoms with Crippen LogP contribution in [0.15, 0.2) is 22.8 Å². The van der Waals surface area contributed by atoms with E-state index in [-0.39, 0.29) is 16.9 Å². The van der Waals surface area contributed by atoms with Crippen LogP contribution in [0.5, 0.6) is 0 Å². The minimum atomic E-state index is -0.0128. The van der Waals surface area contributed by atoms with Crippen LogP contribution in [0.25, 0.3) is 16.9 Å². The van der Waals surface area contributed by atoms with Gasteiger partial charge in [-0.2, -0.15) is 4.98 Å². The van der Waals surface area contributed by atoms with Gasteiger partial charge in [0.25, 0.3) is 0 Å². The fourth-order valence-corrected chi connectivity index (χ4v) is 2.58. The maximum Gasteiger partial charge on any atom is 0.225 e. The highest BCUT2D eigenvalue weighted by atomic mass is 35.5. The Morgan fingerprint density at radius 1 is 1.45 bits per heavy atom. The van der Waals surface area contributed by atoms with Gasteiger partial charge in [0, 0.05) is 18.6 Å². The van der Waals surface area contributed by atoms with Gasteiger partial charge in [-0.3, -0.25) is 4.79 Å². The molecule has 112 valence electrons. The van der Waals surface area contributed by atoms with Crippen LogP contribution in [0.1, 0.15) is 29.8 Å². The predicted octanol–water partition coefficient (Wildman–Crippen LogP) is 2.63. The maximum atomic E-state index is 12.4. The highest BCUT2D eigenvalue weighted by Gasteiger charge is 2.28. The number of furan rings is 1. The van der Waals surface area contributed by atoms with Crippen LogP contribution in [-0.2, 0) is 0 Å². The summed E-state index contributed by atoms with van der Waals surface area (Å²) in [4.78, 5) is 20.7. The van der Waals surface area contributed by atoms with Gasteiger partial charge in [0.05, 0.1) is 6.26 Å². The van der Waals surface area contributed by atoms with Crippen molar-refractivity contribution in [3.8, 4) is 5.82 Å². The summed E-state index contributed by atoms with van der Waals surface area (Å²) < 4.78 is 6.79. The Labute approximate surface area is 130 Å². The summed E-state index contributed by atoms with van der Waals surface area (Å²) in [5.74, 6) is 1.01. The molecule has 0 aromatic carbocycles. The first-order valence-corrected chi connectivity index (χ1v) is 7.29. The zero-order valence-corrected chi connectivity index (χ0v) is 12.2. The second-order valence-electron chi connectivity index (χ2n) is 5.39. The quantitative estimate of drug-likeness (QED) is 0.586. The number of hydrogen-bond donors (Lipinski definition) is 1. The van der Waals surface area contributed by atoms with Crippen LogP contribution in [0.2, 0.25) is 5.28 Å². The third-order valence-electron chi connectivity index (χ3n) is 3.64. The van der Waals surface area contributed by atoms with Crippen molar-refractivity contribution in [3.63, 3.8) is 0 Å². The number of nitrogens with zero attached hydrogens (tertiary/aromatic N) is 4. The van der Waals surface area contributed by atoms with Crippen molar-refractivity contribution in [1.29, 1.82) is 0 Å². The molecule has 4 rings (SSSR count). The molecule has 0 spiro atoms. The number of carbonyl (C=O) groups excluding carboxylic acids is 1. The zero-order valence-electron chi connectivity index (χ0n) is 11.5. The topological polar surface area (TPSA) is 99.8 Å². The molecule has 0 bridgehead atoms. The molecule has 3 heterocycles. The standard InChI is InChI=1S/C14H12ClN5O2/c15-14-17-8-3-4-22-12(8)13(18-14)20-9(6-11(16)19-20)10(21)5-7-1-2-7/h3-4,6-7H,1-2,5H2,(H2,16,19). The number of nitrogen functional groups attached to an aromatic ring is 1. The number of Topliss-reactive ketones (excluding diaryl/α,β-unsaturated/α-hetero) is 1. The molecule has 1 saturated carbocycles. The molecular formula is C14H12ClN5O2. The van der Waals surface area contributed by atoms with Gasteiger partial charge in [-0.05, 0) is 30.4 Å². The molecule has 0 saturated heterocycles. The summed E-state index contributed by atoms with van der Waals surface area (Å²) in [7, 11) is 0. The summed E-state index contributed by atoms with van der Waals surface area (Å²) in [6.07, 6.45) is 4.16. The van der Waals surface area contributed by atoms with Gasteiger partial charge in [0.1, 0.15) is 17.0 Å². The minimum Gasteiger partial charge on any atom is -0.459 e. The van der Waals surface area contributed by atoms with Gasteiger partial charge >= 0.3 is 0 Å². The van der Waals surface area contributed by atoms with E-state index >= 15 is 0 Å². The van der Waals surface area contributed by atoms with Crippen molar-refractivity contribution < 1.29 is 9.21 Å². The molecule has 1 aliphatic rings. The van der Waals surface area contributed by atoms with Gasteiger partial charge in [0.15, 0.2) is 11.4 Å². The lowest BCUT2D eigenvalue weighted by molar-refractivity contribution is 0.0968. The predicted molar refractivity (Wildman–Crippen MR) is 80.0 cm³/mol. The molecule has 0 aliphatic heterocycles. The molecule has 0 radical (unpaired) electrons. The van der Waals surface area contributed by atoms with Crippen LogP contribution in [0, 0.1) is 5.92 Å². The van der Waals surface area contributed by atoms with Crippen molar-refractivity contribution >= 4 is 34.3 Å². The highest BCUT2D eigenvalue weighted by Crippen LogP contribution is 2.34. The lowest BCUT2D eigenvalue weighted by atomic mass is 10.1. The zero-order chi connectivity index (χ0) is 15.3. The smallest absolute Gasteiger partial charge is 0.225 e. The summed E-state index contributed by atoms with van der Waals surface area (Å²) in [5, 5.41) is 4.22. The number of fused-ring (bicyclic) bond motifs is 1. The van der Waals surface area contributed by atoms with Gasteiger partial charge in [-0.1, -0.05) is 0 Å². The Morgan fingerprint density at radius 3 is 3.05 bits per heavy atom. The average Bonchev–Trinajstić information content (AvgIpc) is 3.01. The number of hydrogen-bond acceptors (Lipinski definition) is 6. The molecule has 0 amide bonds. The summed E-state index contributed by atoms with van der Waals surface area (Å²) in [5.41, 5.74) is 7.11. The van der Waals surface area contributed by atoms with E-state index in [1.807, 2.05) is 0 Å². The van der Waals surface area contributed by atoms with Crippen LogP contribution in [0.3, 0.4) is 0 Å². The van der Waals surface area contributed by atoms with E-state index in [0.29, 0.717) is 35.0 Å². The second-order valence-corrected chi connectivity index (χ2v) is 5.73. The van der Waals surface area contributed by atoms with E-state index in [9.17, 15) is 4.79 Å². The Morgan fingerprint density at radius 2 is 2.27 bits per heavy atom. The molecule has 3 aromatic rings. The fraction of sp³-hybridized carbons (Fsp3) is 0.286. The van der Waals surface area contributed by atoms with Crippen molar-refractivity contribution in [2.45, 2.75) is 19.3 Å². The molecule has 0 atom stereocenters. The lowest BCUT2D eigenvalue weighted by Crippen LogP contribution is -2.11. The second kappa shape index (κ2) is 4.81. The Kier molecular flexibility index (Phi) is 2.90. The lowest BCUT2D eigenvalue weighted by Gasteiger charge is -2.06. The summed E-state index contributed by atoms with van der Waals surface area (Å²) >= 11 is 5.94. The Balaban J connectivity index is 1.87. The van der Waals surface area contributed by atoms with Crippen LogP contribution < -0.4 is 5.73 Å². The van der Waals surface area contributed by atoms with Gasteiger partial charge < -0.3 is 10.2 Å². The molecule has 22 heavy (non-hydrogen) atoms. The molecule has 1 fully saturated rings. The molecule has 3 aromatic heterocycles. The van der Waals surface area contributed by atoms with Crippen LogP contribution in [-0.4, -0.2) is 25.5 Å². The number of carbonyl (C=O) groups is 1. The number of nitrogens with two attached hydrogens (primary N) is 1. The van der Waals surface area contributed by atoms with E-state index in [0.717, 1.165) is 12.8 Å². The number of halogens is 1. The van der Waals surface area contributed by atoms with Crippen LogP contribution in [0.4, 0.5) is 5.82 Å². The molecule has 7 nitrogen and oxygen atoms in total. The number of ketones is 1. The highest BCUT2D eigenvalue weighted by molar-refractivity contribution is 6.28. The third kappa shape index (κ3) is 2.23. The average molecular weight is 318 g/mol. The molecule has 0 unspecified atom stereocenters. The number of anilines is 1. The van der Waals surface area contributed by atoms with Crippen molar-refractivity contribution in [2.75, 3.05) is 5.73 Å². The first-order valence-electron chi connectivity index (χ1n) is 6.91. The van der Waals surface area contributed by atoms with E-state index in [2.05, 4.69) is 15.1 Å². The number of aromatic nitrogens is 4. The van der Waals surface area contributed by atoms with E-state index in [1.165, 1.54) is 10.9 Å². The molecule has 1 aliphatic carbocycles. The van der Waals surface area contributed by atoms with Gasteiger partial charge in [0.2, 0.25) is 11.1 Å². The SMILES string of the molecule is Nc1cc(C(=O)CC2CC2)n(-c2nc(Cl)nc3ccoc23)n1. The van der Waals surface area contributed by atoms with E-state index in [1.54, 1.807) is 12.1 Å². The van der Waals surface area contributed by atoms with Crippen LogP contribution >= 0.6 is 11.6 Å². The van der Waals surface area contributed by atoms with E-state index < -0.39 is 0 Å². The van der Waals surface area contributed by atoms with Crippen molar-refractivity contribution in [2.24, 2.45) is 5.92 Å². The number of rotatable bonds is 4. The van der Waals surface area contributed by atoms with Gasteiger partial charge in [-0.25, -0.2) is 9.67 Å². The first-order chi connectivity index (χ1) is 10.6. The first kappa shape index (κ1) is 13.3. The monoisotopic (exact) mass is 317 g/mol. The maximum absolute atomic E-state index is 12.4. The van der Waals surface area contributed by atoms with Crippen molar-refractivity contribution in [1.82, 2.24) is 19.7 Å². The Hall–Kier alpha value is -2.41.